The van der Waals surface area contributed by atoms with Gasteiger partial charge in [-0.15, -0.1) is 0 Å². The predicted octanol–water partition coefficient (Wildman–Crippen LogP) is 7.29. The van der Waals surface area contributed by atoms with Crippen molar-refractivity contribution in [1.82, 2.24) is 20.4 Å². The first-order valence-electron chi connectivity index (χ1n) is 19.0. The highest BCUT2D eigenvalue weighted by molar-refractivity contribution is 5.95. The van der Waals surface area contributed by atoms with Gasteiger partial charge in [0, 0.05) is 45.4 Å². The number of hydrogen-bond donors (Lipinski definition) is 2. The largest absolute Gasteiger partial charge is 0.449 e. The summed E-state index contributed by atoms with van der Waals surface area (Å²) in [7, 11) is 4.77. The third-order valence-electron chi connectivity index (χ3n) is 10.7. The molecule has 9 nitrogen and oxygen atoms in total. The summed E-state index contributed by atoms with van der Waals surface area (Å²) in [4.78, 5) is 57.3. The van der Waals surface area contributed by atoms with Crippen molar-refractivity contribution in [2.24, 2.45) is 0 Å². The van der Waals surface area contributed by atoms with Gasteiger partial charge in [0.05, 0.1) is 0 Å². The van der Waals surface area contributed by atoms with Crippen molar-refractivity contribution in [3.05, 3.63) is 156 Å². The average Bonchev–Trinajstić information content (AvgIpc) is 3.53. The molecule has 0 radical (unpaired) electrons. The van der Waals surface area contributed by atoms with Crippen molar-refractivity contribution in [3.8, 4) is 11.1 Å². The molecule has 0 saturated carbocycles. The number of carbonyl (C=O) groups excluding carboxylic acids is 4. The third kappa shape index (κ3) is 9.17. The molecule has 1 aliphatic rings. The highest BCUT2D eigenvalue weighted by Gasteiger charge is 2.35. The lowest BCUT2D eigenvalue weighted by Gasteiger charge is -2.34. The second-order valence-electron chi connectivity index (χ2n) is 15.1. The smallest absolute Gasteiger partial charge is 0.407 e. The molecule has 0 fully saturated rings. The highest BCUT2D eigenvalue weighted by Crippen LogP contribution is 2.44. The Morgan fingerprint density at radius 1 is 0.714 bits per heavy atom. The van der Waals surface area contributed by atoms with Gasteiger partial charge in [0.1, 0.15) is 18.7 Å². The minimum Gasteiger partial charge on any atom is -0.449 e. The lowest BCUT2D eigenvalue weighted by atomic mass is 9.98. The van der Waals surface area contributed by atoms with Crippen LogP contribution in [0, 0.1) is 0 Å². The van der Waals surface area contributed by atoms with Crippen LogP contribution in [-0.2, 0) is 32.0 Å². The van der Waals surface area contributed by atoms with E-state index in [0.717, 1.165) is 44.2 Å². The number of likely N-dealkylation sites (N-methyl/N-ethyl adjacent to an activating group) is 3. The molecule has 9 heteroatoms. The van der Waals surface area contributed by atoms with E-state index < -0.39 is 23.7 Å². The van der Waals surface area contributed by atoms with E-state index in [9.17, 15) is 19.2 Å². The van der Waals surface area contributed by atoms with Crippen molar-refractivity contribution in [2.45, 2.75) is 56.7 Å². The van der Waals surface area contributed by atoms with Crippen LogP contribution in [0.2, 0.25) is 0 Å². The molecule has 0 heterocycles. The average molecular weight is 751 g/mol. The fraction of sp³-hybridized carbons (Fsp3) is 0.277. The van der Waals surface area contributed by atoms with Gasteiger partial charge in [0.25, 0.3) is 0 Å². The molecule has 56 heavy (non-hydrogen) atoms. The molecule has 5 aromatic carbocycles. The number of amides is 4. The molecule has 6 rings (SSSR count). The van der Waals surface area contributed by atoms with Gasteiger partial charge < -0.3 is 25.2 Å². The van der Waals surface area contributed by atoms with Crippen molar-refractivity contribution in [3.63, 3.8) is 0 Å². The van der Waals surface area contributed by atoms with Crippen molar-refractivity contribution in [2.75, 3.05) is 27.7 Å². The summed E-state index contributed by atoms with van der Waals surface area (Å²) >= 11 is 0. The number of fused-ring (bicyclic) bond motifs is 4. The second-order valence-corrected chi connectivity index (χ2v) is 15.1. The van der Waals surface area contributed by atoms with E-state index in [0.29, 0.717) is 12.8 Å². The lowest BCUT2D eigenvalue weighted by Crippen LogP contribution is -2.55. The van der Waals surface area contributed by atoms with E-state index in [2.05, 4.69) is 34.9 Å². The van der Waals surface area contributed by atoms with Crippen LogP contribution in [0.15, 0.2) is 133 Å². The zero-order valence-corrected chi connectivity index (χ0v) is 32.7. The molecule has 0 bridgehead atoms. The van der Waals surface area contributed by atoms with Gasteiger partial charge in [-0.2, -0.15) is 0 Å². The molecule has 2 atom stereocenters. The molecule has 0 spiro atoms. The molecular weight excluding hydrogens is 701 g/mol. The summed E-state index contributed by atoms with van der Waals surface area (Å²) in [5.74, 6) is -1.09. The van der Waals surface area contributed by atoms with Gasteiger partial charge in [0.2, 0.25) is 17.7 Å². The number of nitrogens with zero attached hydrogens (tertiary/aromatic N) is 2. The fourth-order valence-corrected chi connectivity index (χ4v) is 7.46. The van der Waals surface area contributed by atoms with Crippen LogP contribution in [0.25, 0.3) is 21.9 Å². The van der Waals surface area contributed by atoms with Gasteiger partial charge in [-0.05, 0) is 70.5 Å². The van der Waals surface area contributed by atoms with E-state index in [4.69, 9.17) is 4.74 Å². The van der Waals surface area contributed by atoms with E-state index in [-0.39, 0.29) is 36.7 Å². The van der Waals surface area contributed by atoms with Gasteiger partial charge in [-0.25, -0.2) is 4.79 Å². The zero-order valence-electron chi connectivity index (χ0n) is 32.7. The Hall–Kier alpha value is -6.22. The Bertz CT molecular complexity index is 2190. The Morgan fingerprint density at radius 3 is 1.96 bits per heavy atom. The molecule has 5 aromatic rings. The van der Waals surface area contributed by atoms with Crippen LogP contribution >= 0.6 is 0 Å². The number of carbonyl (C=O) groups is 4. The minimum atomic E-state index is -0.909. The maximum Gasteiger partial charge on any atom is 0.407 e. The number of benzene rings is 5. The van der Waals surface area contributed by atoms with Crippen molar-refractivity contribution in [1.29, 1.82) is 0 Å². The lowest BCUT2D eigenvalue weighted by molar-refractivity contribution is -0.146. The van der Waals surface area contributed by atoms with Crippen LogP contribution in [0.3, 0.4) is 0 Å². The highest BCUT2D eigenvalue weighted by atomic mass is 16.5. The number of nitrogens with one attached hydrogen (secondary N) is 2. The summed E-state index contributed by atoms with van der Waals surface area (Å²) in [5.41, 5.74) is 5.63. The quantitative estimate of drug-likeness (QED) is 0.116. The Labute approximate surface area is 329 Å². The topological polar surface area (TPSA) is 108 Å². The minimum absolute atomic E-state index is 0.0569. The van der Waals surface area contributed by atoms with Gasteiger partial charge in [-0.1, -0.05) is 127 Å². The maximum absolute atomic E-state index is 14.4. The van der Waals surface area contributed by atoms with Gasteiger partial charge in [0.15, 0.2) is 0 Å². The van der Waals surface area contributed by atoms with Crippen molar-refractivity contribution >= 4 is 34.6 Å². The standard InChI is InChI=1S/C47H50N4O5/c1-47(2,49-46(55)56-31-40-38-22-13-11-20-36(38)37-21-12-14-23-39(37)40)27-15-24-43(52)50(4)42(30-33-25-26-34-18-9-10-19-35(34)28-33)45(54)51(5)41(44(53)48-3)29-32-16-7-6-8-17-32/h6-26,28,40-42H,27,29-31H2,1-5H3,(H,48,53)(H,49,55)/t41-,42-/m1/s1. The molecule has 0 unspecified atom stereocenters. The molecule has 0 aromatic heterocycles. The Balaban J connectivity index is 1.13. The third-order valence-corrected chi connectivity index (χ3v) is 10.7. The zero-order chi connectivity index (χ0) is 39.8. The summed E-state index contributed by atoms with van der Waals surface area (Å²) in [5, 5.41) is 7.75. The molecule has 2 N–H and O–H groups in total. The molecule has 0 saturated heterocycles. The van der Waals surface area contributed by atoms with E-state index in [1.807, 2.05) is 111 Å². The van der Waals surface area contributed by atoms with E-state index in [1.165, 1.54) is 15.9 Å². The van der Waals surface area contributed by atoms with Crippen molar-refractivity contribution < 1.29 is 23.9 Å². The normalized spacial score (nSPS) is 13.4. The van der Waals surface area contributed by atoms with Crippen LogP contribution in [0.5, 0.6) is 0 Å². The van der Waals surface area contributed by atoms with Crippen LogP contribution in [0.4, 0.5) is 4.79 Å². The SMILES string of the molecule is CNC(=O)[C@@H](Cc1ccccc1)N(C)C(=O)[C@@H](Cc1ccc2ccccc2c1)N(C)C(=O)C=CCC(C)(C)NC(=O)OCC1c2ccccc2-c2ccccc21. The number of alkyl carbamates (subject to hydrolysis) is 1. The van der Waals surface area contributed by atoms with E-state index >= 15 is 0 Å². The van der Waals surface area contributed by atoms with Crippen LogP contribution < -0.4 is 10.6 Å². The first-order chi connectivity index (χ1) is 27.0. The molecule has 4 amide bonds. The Morgan fingerprint density at radius 2 is 1.30 bits per heavy atom. The Kier molecular flexibility index (Phi) is 12.3. The number of ether oxygens (including phenoxy) is 1. The monoisotopic (exact) mass is 750 g/mol. The van der Waals surface area contributed by atoms with Crippen LogP contribution in [0.1, 0.15) is 48.4 Å². The molecular formula is C47H50N4O5. The van der Waals surface area contributed by atoms with Gasteiger partial charge in [-0.3, -0.25) is 14.4 Å². The number of hydrogen-bond acceptors (Lipinski definition) is 5. The molecule has 1 aliphatic carbocycles. The van der Waals surface area contributed by atoms with Gasteiger partial charge >= 0.3 is 6.09 Å². The second kappa shape index (κ2) is 17.5. The summed E-state index contributed by atoms with van der Waals surface area (Å²) in [6.45, 7) is 3.92. The van der Waals surface area contributed by atoms with Crippen LogP contribution in [-0.4, -0.2) is 79.0 Å². The maximum atomic E-state index is 14.4. The van der Waals surface area contributed by atoms with E-state index in [1.54, 1.807) is 27.2 Å². The summed E-state index contributed by atoms with van der Waals surface area (Å²) < 4.78 is 5.77. The first-order valence-corrected chi connectivity index (χ1v) is 19.0. The summed E-state index contributed by atoms with van der Waals surface area (Å²) in [6.07, 6.45) is 3.48. The fourth-order valence-electron chi connectivity index (χ4n) is 7.46. The summed E-state index contributed by atoms with van der Waals surface area (Å²) in [6, 6.07) is 38.2. The molecule has 0 aliphatic heterocycles. The predicted molar refractivity (Wildman–Crippen MR) is 221 cm³/mol. The molecule has 288 valence electrons. The first kappa shape index (κ1) is 39.5. The number of rotatable bonds is 14.